The lowest BCUT2D eigenvalue weighted by atomic mass is 9.77. The summed E-state index contributed by atoms with van der Waals surface area (Å²) in [6, 6.07) is 54.0. The van der Waals surface area contributed by atoms with Gasteiger partial charge in [-0.3, -0.25) is 29.0 Å². The number of carbonyl (C=O) groups excluding carboxylic acids is 4. The summed E-state index contributed by atoms with van der Waals surface area (Å²) in [6.45, 7) is 10.2. The zero-order valence-electron chi connectivity index (χ0n) is 44.1. The molecule has 0 unspecified atom stereocenters. The molecule has 0 saturated carbocycles. The highest BCUT2D eigenvalue weighted by atomic mass is 16.4. The molecule has 0 aliphatic heterocycles. The zero-order valence-corrected chi connectivity index (χ0v) is 44.1. The minimum Gasteiger partial charge on any atom is -0.465 e. The first-order valence-corrected chi connectivity index (χ1v) is 25.5. The fourth-order valence-corrected chi connectivity index (χ4v) is 9.84. The van der Waals surface area contributed by atoms with Crippen molar-refractivity contribution in [3.8, 4) is 0 Å². The SMILES string of the molecule is CC(C)(C)N(C(=O)O)[C@@H](CC(=O)NC(c1ccccc1)(c1ccccc1)c1ccccc1)C(=O)NCCC=CCCNC(=O)[C@H](CC(=O)NC(c1ccccc1)(c1ccccc1)c1ccccc1)N(C(=O)O)C(C)(C)C. The van der Waals surface area contributed by atoms with Crippen molar-refractivity contribution in [3.05, 3.63) is 228 Å². The number of nitrogens with zero attached hydrogens (tertiary/aromatic N) is 2. The Kier molecular flexibility index (Phi) is 19.1. The Hall–Kier alpha value is -8.52. The lowest BCUT2D eigenvalue weighted by Crippen LogP contribution is -2.59. The number of benzene rings is 6. The molecule has 0 radical (unpaired) electrons. The molecule has 14 heteroatoms. The predicted octanol–water partition coefficient (Wildman–Crippen LogP) is 9.85. The third kappa shape index (κ3) is 13.8. The predicted molar refractivity (Wildman–Crippen MR) is 295 cm³/mol. The van der Waals surface area contributed by atoms with Crippen LogP contribution >= 0.6 is 0 Å². The highest BCUT2D eigenvalue weighted by Gasteiger charge is 2.44. The molecule has 14 nitrogen and oxygen atoms in total. The van der Waals surface area contributed by atoms with Gasteiger partial charge in [0.15, 0.2) is 0 Å². The summed E-state index contributed by atoms with van der Waals surface area (Å²) in [6.07, 6.45) is 0.548. The van der Waals surface area contributed by atoms with Gasteiger partial charge in [-0.1, -0.05) is 194 Å². The standard InChI is InChI=1S/C62H70N6O8/c1-59(2,3)67(57(73)74)51(43-53(69)65-61(45-29-15-9-16-30-45,46-31-17-10-18-32-46)47-33-19-11-20-34-47)55(71)63-41-27-7-8-28-42-64-56(72)52(68(58(75)76)60(4,5)6)44-54(70)66-62(48-35-21-12-22-36-48,49-37-23-13-24-38-49)50-39-25-14-26-40-50/h7-26,29-40,51-52H,27-28,41-44H2,1-6H3,(H,63,71)(H,64,72)(H,65,69)(H,66,70)(H,73,74)(H,75,76)/t51-,52-/m0/s1. The van der Waals surface area contributed by atoms with Crippen LogP contribution in [0.25, 0.3) is 0 Å². The van der Waals surface area contributed by atoms with Gasteiger partial charge in [-0.25, -0.2) is 9.59 Å². The van der Waals surface area contributed by atoms with Gasteiger partial charge in [-0.2, -0.15) is 0 Å². The third-order valence-electron chi connectivity index (χ3n) is 13.1. The first-order valence-electron chi connectivity index (χ1n) is 25.5. The molecule has 6 amide bonds. The van der Waals surface area contributed by atoms with E-state index in [0.717, 1.165) is 43.2 Å². The van der Waals surface area contributed by atoms with Crippen molar-refractivity contribution in [2.45, 2.75) is 101 Å². The summed E-state index contributed by atoms with van der Waals surface area (Å²) >= 11 is 0. The molecule has 6 aromatic rings. The van der Waals surface area contributed by atoms with Gasteiger partial charge in [0, 0.05) is 24.2 Å². The lowest BCUT2D eigenvalue weighted by molar-refractivity contribution is -0.133. The molecule has 0 bridgehead atoms. The van der Waals surface area contributed by atoms with Gasteiger partial charge in [0.2, 0.25) is 23.6 Å². The number of carbonyl (C=O) groups is 6. The van der Waals surface area contributed by atoms with Crippen LogP contribution in [0.4, 0.5) is 9.59 Å². The van der Waals surface area contributed by atoms with Crippen LogP contribution in [0.5, 0.6) is 0 Å². The van der Waals surface area contributed by atoms with E-state index in [0.29, 0.717) is 12.8 Å². The molecule has 6 aromatic carbocycles. The van der Waals surface area contributed by atoms with Crippen molar-refractivity contribution >= 4 is 35.8 Å². The molecule has 0 aliphatic carbocycles. The summed E-state index contributed by atoms with van der Waals surface area (Å²) in [5, 5.41) is 33.2. The van der Waals surface area contributed by atoms with Gasteiger partial charge in [0.1, 0.15) is 23.2 Å². The van der Waals surface area contributed by atoms with E-state index in [9.17, 15) is 39.0 Å². The average Bonchev–Trinajstić information content (AvgIpc) is 3.41. The summed E-state index contributed by atoms with van der Waals surface area (Å²) in [4.78, 5) is 85.0. The van der Waals surface area contributed by atoms with E-state index in [4.69, 9.17) is 0 Å². The van der Waals surface area contributed by atoms with Crippen LogP contribution in [-0.4, -0.2) is 92.1 Å². The van der Waals surface area contributed by atoms with Crippen LogP contribution in [0.3, 0.4) is 0 Å². The molecule has 6 rings (SSSR count). The molecule has 0 aliphatic rings. The normalized spacial score (nSPS) is 12.7. The van der Waals surface area contributed by atoms with E-state index in [1.165, 1.54) is 0 Å². The Bertz CT molecular complexity index is 2500. The van der Waals surface area contributed by atoms with Crippen LogP contribution in [0.15, 0.2) is 194 Å². The van der Waals surface area contributed by atoms with Gasteiger partial charge < -0.3 is 31.5 Å². The molecule has 0 heterocycles. The zero-order chi connectivity index (χ0) is 54.9. The van der Waals surface area contributed by atoms with Crippen LogP contribution < -0.4 is 21.3 Å². The molecule has 0 fully saturated rings. The van der Waals surface area contributed by atoms with Gasteiger partial charge >= 0.3 is 12.2 Å². The van der Waals surface area contributed by atoms with Gasteiger partial charge in [-0.15, -0.1) is 0 Å². The lowest BCUT2D eigenvalue weighted by Gasteiger charge is -2.40. The quantitative estimate of drug-likeness (QED) is 0.0219. The summed E-state index contributed by atoms with van der Waals surface area (Å²) < 4.78 is 0. The smallest absolute Gasteiger partial charge is 0.408 e. The fraction of sp³-hybridized carbons (Fsp3) is 0.290. The number of carboxylic acid groups (broad SMARTS) is 2. The second kappa shape index (κ2) is 25.6. The number of rotatable bonds is 22. The van der Waals surface area contributed by atoms with E-state index in [1.54, 1.807) is 53.7 Å². The van der Waals surface area contributed by atoms with Crippen molar-refractivity contribution in [1.29, 1.82) is 0 Å². The molecule has 6 N–H and O–H groups in total. The van der Waals surface area contributed by atoms with Crippen LogP contribution in [0.1, 0.15) is 101 Å². The van der Waals surface area contributed by atoms with Crippen molar-refractivity contribution in [3.63, 3.8) is 0 Å². The van der Waals surface area contributed by atoms with E-state index in [-0.39, 0.29) is 13.1 Å². The molecular formula is C62H70N6O8. The van der Waals surface area contributed by atoms with Crippen molar-refractivity contribution in [2.24, 2.45) is 0 Å². The van der Waals surface area contributed by atoms with Gasteiger partial charge in [0.05, 0.1) is 12.8 Å². The van der Waals surface area contributed by atoms with Crippen molar-refractivity contribution in [1.82, 2.24) is 31.1 Å². The van der Waals surface area contributed by atoms with Crippen LogP contribution in [-0.2, 0) is 30.3 Å². The van der Waals surface area contributed by atoms with Gasteiger partial charge in [-0.05, 0) is 87.8 Å². The van der Waals surface area contributed by atoms with Crippen LogP contribution in [0.2, 0.25) is 0 Å². The van der Waals surface area contributed by atoms with E-state index >= 15 is 0 Å². The average molecular weight is 1030 g/mol. The van der Waals surface area contributed by atoms with Crippen molar-refractivity contribution in [2.75, 3.05) is 13.1 Å². The molecule has 0 aromatic heterocycles. The van der Waals surface area contributed by atoms with Gasteiger partial charge in [0.25, 0.3) is 0 Å². The Morgan fingerprint density at radius 3 is 0.829 bits per heavy atom. The van der Waals surface area contributed by atoms with E-state index in [1.807, 2.05) is 182 Å². The Morgan fingerprint density at radius 1 is 0.408 bits per heavy atom. The summed E-state index contributed by atoms with van der Waals surface area (Å²) in [5.74, 6) is -2.40. The third-order valence-corrected chi connectivity index (χ3v) is 13.1. The first-order chi connectivity index (χ1) is 36.3. The molecule has 0 saturated heterocycles. The van der Waals surface area contributed by atoms with Crippen molar-refractivity contribution < 1.29 is 39.0 Å². The molecular weight excluding hydrogens is 957 g/mol. The maximum absolute atomic E-state index is 14.5. The highest BCUT2D eigenvalue weighted by Crippen LogP contribution is 2.39. The first kappa shape index (κ1) is 56.8. The largest absolute Gasteiger partial charge is 0.465 e. The van der Waals surface area contributed by atoms with E-state index in [2.05, 4.69) is 21.3 Å². The summed E-state index contributed by atoms with van der Waals surface area (Å²) in [5.41, 5.74) is 0.0724. The fourth-order valence-electron chi connectivity index (χ4n) is 9.84. The Balaban J connectivity index is 1.13. The minimum absolute atomic E-state index is 0.103. The molecule has 76 heavy (non-hydrogen) atoms. The monoisotopic (exact) mass is 1030 g/mol. The Labute approximate surface area is 446 Å². The topological polar surface area (TPSA) is 197 Å². The maximum atomic E-state index is 14.5. The second-order valence-corrected chi connectivity index (χ2v) is 20.5. The minimum atomic E-state index is -1.41. The number of nitrogens with one attached hydrogen (secondary N) is 4. The molecule has 2 atom stereocenters. The highest BCUT2D eigenvalue weighted by molar-refractivity contribution is 5.93. The number of hydrogen-bond donors (Lipinski definition) is 6. The van der Waals surface area contributed by atoms with E-state index < -0.39 is 82.9 Å². The summed E-state index contributed by atoms with van der Waals surface area (Å²) in [7, 11) is 0. The number of hydrogen-bond acceptors (Lipinski definition) is 6. The molecule has 396 valence electrons. The second-order valence-electron chi connectivity index (χ2n) is 20.5. The maximum Gasteiger partial charge on any atom is 0.408 e. The molecule has 0 spiro atoms. The van der Waals surface area contributed by atoms with Crippen LogP contribution in [0, 0.1) is 0 Å². The number of amides is 6. The Morgan fingerprint density at radius 2 is 0.632 bits per heavy atom.